The molecule has 0 bridgehead atoms. The lowest BCUT2D eigenvalue weighted by molar-refractivity contribution is 0.136. The number of carbonyl (C=O) groups is 1. The number of cyclic esters (lactones) is 1. The SMILES string of the molecule is COc1cc(C)ccc1S(=O)N1CCC(N2C(=O)OCc3cccc(C)c32)CC1. The van der Waals surface area contributed by atoms with Gasteiger partial charge in [-0.25, -0.2) is 13.3 Å². The average molecular weight is 415 g/mol. The molecule has 0 saturated carbocycles. The molecule has 0 aliphatic carbocycles. The molecular formula is C22H26N2O4S. The van der Waals surface area contributed by atoms with E-state index in [0.29, 0.717) is 30.3 Å². The monoisotopic (exact) mass is 414 g/mol. The van der Waals surface area contributed by atoms with Crippen molar-refractivity contribution in [3.05, 3.63) is 53.1 Å². The van der Waals surface area contributed by atoms with E-state index in [1.165, 1.54) is 0 Å². The van der Waals surface area contributed by atoms with Crippen LogP contribution in [-0.4, -0.2) is 40.8 Å². The number of hydrogen-bond acceptors (Lipinski definition) is 4. The number of aryl methyl sites for hydroxylation is 2. The molecule has 1 atom stereocenters. The number of anilines is 1. The first-order valence-corrected chi connectivity index (χ1v) is 11.0. The van der Waals surface area contributed by atoms with Gasteiger partial charge in [0.2, 0.25) is 0 Å². The Morgan fingerprint density at radius 1 is 1.14 bits per heavy atom. The fraction of sp³-hybridized carbons (Fsp3) is 0.409. The second-order valence-corrected chi connectivity index (χ2v) is 9.03. The van der Waals surface area contributed by atoms with Gasteiger partial charge in [-0.05, 0) is 49.9 Å². The molecule has 1 unspecified atom stereocenters. The van der Waals surface area contributed by atoms with Gasteiger partial charge in [-0.1, -0.05) is 24.3 Å². The Balaban J connectivity index is 1.51. The molecule has 0 spiro atoms. The van der Waals surface area contributed by atoms with Crippen LogP contribution in [-0.2, 0) is 22.3 Å². The van der Waals surface area contributed by atoms with Gasteiger partial charge >= 0.3 is 6.09 Å². The highest BCUT2D eigenvalue weighted by Gasteiger charge is 2.36. The van der Waals surface area contributed by atoms with Gasteiger partial charge in [-0.2, -0.15) is 0 Å². The molecule has 2 aromatic carbocycles. The summed E-state index contributed by atoms with van der Waals surface area (Å²) in [6, 6.07) is 11.8. The Labute approximate surface area is 174 Å². The largest absolute Gasteiger partial charge is 0.495 e. The van der Waals surface area contributed by atoms with Gasteiger partial charge in [-0.15, -0.1) is 0 Å². The van der Waals surface area contributed by atoms with Gasteiger partial charge in [0, 0.05) is 24.7 Å². The lowest BCUT2D eigenvalue weighted by Crippen LogP contribution is -2.50. The van der Waals surface area contributed by atoms with Crippen molar-refractivity contribution in [1.29, 1.82) is 0 Å². The van der Waals surface area contributed by atoms with Gasteiger partial charge in [0.1, 0.15) is 23.3 Å². The molecule has 2 aliphatic heterocycles. The maximum Gasteiger partial charge on any atom is 0.414 e. The molecule has 1 fully saturated rings. The number of nitrogens with zero attached hydrogens (tertiary/aromatic N) is 2. The molecule has 154 valence electrons. The summed E-state index contributed by atoms with van der Waals surface area (Å²) in [5.74, 6) is 0.648. The second kappa shape index (κ2) is 8.16. The molecule has 2 aliphatic rings. The van der Waals surface area contributed by atoms with Crippen molar-refractivity contribution in [2.75, 3.05) is 25.1 Å². The van der Waals surface area contributed by atoms with Crippen LogP contribution in [0.2, 0.25) is 0 Å². The smallest absolute Gasteiger partial charge is 0.414 e. The van der Waals surface area contributed by atoms with Crippen LogP contribution in [0.25, 0.3) is 0 Å². The number of benzene rings is 2. The number of piperidine rings is 1. The van der Waals surface area contributed by atoms with E-state index in [4.69, 9.17) is 9.47 Å². The van der Waals surface area contributed by atoms with Crippen molar-refractivity contribution < 1.29 is 18.5 Å². The number of amides is 1. The normalized spacial score (nSPS) is 18.9. The number of para-hydroxylation sites is 1. The predicted octanol–water partition coefficient (Wildman–Crippen LogP) is 3.96. The van der Waals surface area contributed by atoms with E-state index in [2.05, 4.69) is 0 Å². The Morgan fingerprint density at radius 3 is 2.62 bits per heavy atom. The van der Waals surface area contributed by atoms with Gasteiger partial charge < -0.3 is 9.47 Å². The molecule has 29 heavy (non-hydrogen) atoms. The van der Waals surface area contributed by atoms with E-state index in [1.54, 1.807) is 12.0 Å². The van der Waals surface area contributed by atoms with Crippen LogP contribution in [0.4, 0.5) is 10.5 Å². The lowest BCUT2D eigenvalue weighted by Gasteiger charge is -2.40. The number of fused-ring (bicyclic) bond motifs is 1. The maximum absolute atomic E-state index is 13.1. The topological polar surface area (TPSA) is 59.1 Å². The minimum absolute atomic E-state index is 0.0378. The molecule has 1 amide bonds. The first kappa shape index (κ1) is 19.9. The standard InChI is InChI=1S/C22H26N2O4S/c1-15-7-8-20(19(13-15)27-3)29(26)23-11-9-18(10-12-23)24-21-16(2)5-4-6-17(21)14-28-22(24)25/h4-8,13,18H,9-12,14H2,1-3H3. The quantitative estimate of drug-likeness (QED) is 0.760. The van der Waals surface area contributed by atoms with Crippen molar-refractivity contribution in [1.82, 2.24) is 4.31 Å². The summed E-state index contributed by atoms with van der Waals surface area (Å²) in [6.07, 6.45) is 1.19. The minimum atomic E-state index is -1.29. The molecule has 7 heteroatoms. The van der Waals surface area contributed by atoms with Gasteiger partial charge in [-0.3, -0.25) is 4.90 Å². The molecule has 0 radical (unpaired) electrons. The molecule has 1 saturated heterocycles. The summed E-state index contributed by atoms with van der Waals surface area (Å²) in [7, 11) is 0.307. The highest BCUT2D eigenvalue weighted by molar-refractivity contribution is 7.82. The number of ether oxygens (including phenoxy) is 2. The summed E-state index contributed by atoms with van der Waals surface area (Å²) in [5, 5.41) is 0. The van der Waals surface area contributed by atoms with Crippen LogP contribution in [0, 0.1) is 13.8 Å². The summed E-state index contributed by atoms with van der Waals surface area (Å²) in [4.78, 5) is 15.1. The van der Waals surface area contributed by atoms with Crippen molar-refractivity contribution in [3.8, 4) is 5.75 Å². The van der Waals surface area contributed by atoms with E-state index < -0.39 is 11.0 Å². The predicted molar refractivity (Wildman–Crippen MR) is 113 cm³/mol. The van der Waals surface area contributed by atoms with E-state index in [0.717, 1.165) is 35.2 Å². The number of carbonyl (C=O) groups excluding carboxylic acids is 1. The molecule has 6 nitrogen and oxygen atoms in total. The third-order valence-electron chi connectivity index (χ3n) is 5.64. The van der Waals surface area contributed by atoms with Crippen molar-refractivity contribution in [2.45, 2.75) is 44.2 Å². The first-order valence-electron chi connectivity index (χ1n) is 9.85. The van der Waals surface area contributed by atoms with Gasteiger partial charge in [0.15, 0.2) is 0 Å². The van der Waals surface area contributed by atoms with Crippen LogP contribution < -0.4 is 9.64 Å². The highest BCUT2D eigenvalue weighted by atomic mass is 32.2. The molecule has 0 N–H and O–H groups in total. The first-order chi connectivity index (χ1) is 14.0. The molecule has 0 aromatic heterocycles. The summed E-state index contributed by atoms with van der Waals surface area (Å²) < 4.78 is 25.9. The van der Waals surface area contributed by atoms with Crippen LogP contribution in [0.5, 0.6) is 5.75 Å². The Hall–Kier alpha value is -2.38. The van der Waals surface area contributed by atoms with Crippen LogP contribution >= 0.6 is 0 Å². The third-order valence-corrected chi connectivity index (χ3v) is 7.19. The van der Waals surface area contributed by atoms with E-state index >= 15 is 0 Å². The molecule has 2 aromatic rings. The van der Waals surface area contributed by atoms with Gasteiger partial charge in [0.05, 0.1) is 17.7 Å². The van der Waals surface area contributed by atoms with Crippen molar-refractivity contribution >= 4 is 22.8 Å². The summed E-state index contributed by atoms with van der Waals surface area (Å²) >= 11 is 0. The molecular weight excluding hydrogens is 388 g/mol. The summed E-state index contributed by atoms with van der Waals surface area (Å²) in [6.45, 7) is 5.61. The van der Waals surface area contributed by atoms with Crippen LogP contribution in [0.15, 0.2) is 41.3 Å². The maximum atomic E-state index is 13.1. The lowest BCUT2D eigenvalue weighted by atomic mass is 10.00. The second-order valence-electron chi connectivity index (χ2n) is 7.57. The molecule has 4 rings (SSSR count). The van der Waals surface area contributed by atoms with Crippen LogP contribution in [0.3, 0.4) is 0 Å². The zero-order chi connectivity index (χ0) is 20.5. The van der Waals surface area contributed by atoms with Crippen LogP contribution in [0.1, 0.15) is 29.5 Å². The minimum Gasteiger partial charge on any atom is -0.495 e. The Kier molecular flexibility index (Phi) is 5.61. The average Bonchev–Trinajstić information content (AvgIpc) is 2.74. The number of hydrogen-bond donors (Lipinski definition) is 0. The van der Waals surface area contributed by atoms with E-state index in [1.807, 2.05) is 54.6 Å². The van der Waals surface area contributed by atoms with Gasteiger partial charge in [0.25, 0.3) is 0 Å². The fourth-order valence-corrected chi connectivity index (χ4v) is 5.46. The molecule has 2 heterocycles. The summed E-state index contributed by atoms with van der Waals surface area (Å²) in [5.41, 5.74) is 4.16. The van der Waals surface area contributed by atoms with Crippen molar-refractivity contribution in [3.63, 3.8) is 0 Å². The number of methoxy groups -OCH3 is 1. The zero-order valence-corrected chi connectivity index (χ0v) is 17.8. The Morgan fingerprint density at radius 2 is 1.90 bits per heavy atom. The highest BCUT2D eigenvalue weighted by Crippen LogP contribution is 2.35. The third kappa shape index (κ3) is 3.76. The van der Waals surface area contributed by atoms with E-state index in [9.17, 15) is 9.00 Å². The zero-order valence-electron chi connectivity index (χ0n) is 17.0. The van der Waals surface area contributed by atoms with E-state index in [-0.39, 0.29) is 12.1 Å². The van der Waals surface area contributed by atoms with Crippen molar-refractivity contribution in [2.24, 2.45) is 0 Å². The number of rotatable bonds is 4. The Bertz CT molecular complexity index is 954. The fourth-order valence-electron chi connectivity index (χ4n) is 4.14.